The van der Waals surface area contributed by atoms with E-state index in [-0.39, 0.29) is 0 Å². The van der Waals surface area contributed by atoms with Crippen molar-refractivity contribution in [3.63, 3.8) is 0 Å². The second-order valence-corrected chi connectivity index (χ2v) is 4.30. The summed E-state index contributed by atoms with van der Waals surface area (Å²) in [7, 11) is 0. The highest BCUT2D eigenvalue weighted by atomic mass is 16.3. The van der Waals surface area contributed by atoms with Crippen LogP contribution in [0.25, 0.3) is 0 Å². The Labute approximate surface area is 93.1 Å². The minimum Gasteiger partial charge on any atom is -0.468 e. The molecular formula is C13H23NO. The van der Waals surface area contributed by atoms with Gasteiger partial charge in [0.2, 0.25) is 0 Å². The van der Waals surface area contributed by atoms with Gasteiger partial charge in [-0.3, -0.25) is 0 Å². The van der Waals surface area contributed by atoms with Crippen LogP contribution in [0.15, 0.2) is 22.8 Å². The molecule has 0 aromatic carbocycles. The first-order chi connectivity index (χ1) is 7.24. The third kappa shape index (κ3) is 4.52. The normalized spacial score (nSPS) is 15.1. The molecule has 1 heterocycles. The summed E-state index contributed by atoms with van der Waals surface area (Å²) >= 11 is 0. The van der Waals surface area contributed by atoms with Gasteiger partial charge < -0.3 is 9.73 Å². The van der Waals surface area contributed by atoms with Crippen LogP contribution in [0.5, 0.6) is 0 Å². The Morgan fingerprint density at radius 3 is 2.73 bits per heavy atom. The first kappa shape index (κ1) is 12.3. The maximum Gasteiger partial charge on any atom is 0.120 e. The first-order valence-electron chi connectivity index (χ1n) is 6.03. The smallest absolute Gasteiger partial charge is 0.120 e. The maximum absolute atomic E-state index is 5.36. The molecule has 0 aliphatic rings. The molecule has 1 unspecified atom stereocenters. The second kappa shape index (κ2) is 6.67. The van der Waals surface area contributed by atoms with E-state index in [0.717, 1.165) is 5.76 Å². The van der Waals surface area contributed by atoms with E-state index in [0.29, 0.717) is 12.1 Å². The van der Waals surface area contributed by atoms with Crippen molar-refractivity contribution in [2.45, 2.75) is 58.5 Å². The molecule has 0 aliphatic heterocycles. The van der Waals surface area contributed by atoms with Crippen LogP contribution in [0.1, 0.15) is 58.3 Å². The Hall–Kier alpha value is -0.760. The van der Waals surface area contributed by atoms with Crippen LogP contribution in [-0.4, -0.2) is 6.04 Å². The van der Waals surface area contributed by atoms with E-state index in [9.17, 15) is 0 Å². The van der Waals surface area contributed by atoms with Crippen LogP contribution in [0.3, 0.4) is 0 Å². The third-order valence-corrected chi connectivity index (χ3v) is 2.75. The van der Waals surface area contributed by atoms with Gasteiger partial charge >= 0.3 is 0 Å². The van der Waals surface area contributed by atoms with E-state index in [1.54, 1.807) is 6.26 Å². The zero-order valence-corrected chi connectivity index (χ0v) is 10.1. The minimum atomic E-state index is 0.316. The van der Waals surface area contributed by atoms with E-state index >= 15 is 0 Å². The van der Waals surface area contributed by atoms with Gasteiger partial charge in [-0.15, -0.1) is 0 Å². The zero-order chi connectivity index (χ0) is 11.1. The summed E-state index contributed by atoms with van der Waals surface area (Å²) in [5.41, 5.74) is 0. The lowest BCUT2D eigenvalue weighted by Crippen LogP contribution is -2.28. The van der Waals surface area contributed by atoms with Crippen LogP contribution in [0.2, 0.25) is 0 Å². The summed E-state index contributed by atoms with van der Waals surface area (Å²) in [6, 6.07) is 4.85. The van der Waals surface area contributed by atoms with Crippen molar-refractivity contribution in [3.05, 3.63) is 24.2 Å². The molecule has 0 saturated heterocycles. The third-order valence-electron chi connectivity index (χ3n) is 2.75. The lowest BCUT2D eigenvalue weighted by Gasteiger charge is -2.18. The van der Waals surface area contributed by atoms with Crippen molar-refractivity contribution < 1.29 is 4.42 Å². The van der Waals surface area contributed by atoms with Gasteiger partial charge in [0.1, 0.15) is 5.76 Å². The zero-order valence-electron chi connectivity index (χ0n) is 10.1. The van der Waals surface area contributed by atoms with Gasteiger partial charge in [-0.05, 0) is 32.4 Å². The molecule has 1 N–H and O–H groups in total. The van der Waals surface area contributed by atoms with Crippen LogP contribution >= 0.6 is 0 Å². The molecule has 15 heavy (non-hydrogen) atoms. The fourth-order valence-electron chi connectivity index (χ4n) is 1.83. The largest absolute Gasteiger partial charge is 0.468 e. The van der Waals surface area contributed by atoms with Gasteiger partial charge in [-0.25, -0.2) is 0 Å². The molecule has 0 saturated carbocycles. The summed E-state index contributed by atoms with van der Waals surface area (Å²) in [5.74, 6) is 1.03. The van der Waals surface area contributed by atoms with Crippen molar-refractivity contribution in [2.24, 2.45) is 0 Å². The highest BCUT2D eigenvalue weighted by Gasteiger charge is 2.10. The van der Waals surface area contributed by atoms with Gasteiger partial charge in [0.25, 0.3) is 0 Å². The Bertz CT molecular complexity index is 243. The quantitative estimate of drug-likeness (QED) is 0.689. The number of nitrogens with one attached hydrogen (secondary N) is 1. The van der Waals surface area contributed by atoms with Gasteiger partial charge in [0.15, 0.2) is 0 Å². The first-order valence-corrected chi connectivity index (χ1v) is 6.03. The van der Waals surface area contributed by atoms with Gasteiger partial charge in [0, 0.05) is 6.04 Å². The van der Waals surface area contributed by atoms with Crippen molar-refractivity contribution in [1.82, 2.24) is 5.32 Å². The molecule has 1 aromatic rings. The van der Waals surface area contributed by atoms with Gasteiger partial charge in [0.05, 0.1) is 12.3 Å². The van der Waals surface area contributed by atoms with Crippen molar-refractivity contribution in [3.8, 4) is 0 Å². The van der Waals surface area contributed by atoms with Crippen molar-refractivity contribution in [2.75, 3.05) is 0 Å². The SMILES string of the molecule is CCCCCC(C)N[C@H](C)c1ccco1. The molecule has 0 spiro atoms. The fraction of sp³-hybridized carbons (Fsp3) is 0.692. The van der Waals surface area contributed by atoms with E-state index in [1.807, 2.05) is 12.1 Å². The topological polar surface area (TPSA) is 25.2 Å². The molecule has 2 atom stereocenters. The summed E-state index contributed by atoms with van der Waals surface area (Å²) < 4.78 is 5.36. The van der Waals surface area contributed by atoms with Crippen LogP contribution < -0.4 is 5.32 Å². The number of furan rings is 1. The summed E-state index contributed by atoms with van der Waals surface area (Å²) in [5, 5.41) is 3.55. The molecule has 0 amide bonds. The standard InChI is InChI=1S/C13H23NO/c1-4-5-6-8-11(2)14-12(3)13-9-7-10-15-13/h7,9-12,14H,4-6,8H2,1-3H3/t11?,12-/m1/s1. The van der Waals surface area contributed by atoms with E-state index in [2.05, 4.69) is 26.1 Å². The second-order valence-electron chi connectivity index (χ2n) is 4.30. The molecule has 0 fully saturated rings. The summed E-state index contributed by atoms with van der Waals surface area (Å²) in [4.78, 5) is 0. The molecule has 2 heteroatoms. The molecule has 0 bridgehead atoms. The van der Waals surface area contributed by atoms with Gasteiger partial charge in [-0.1, -0.05) is 26.2 Å². The van der Waals surface area contributed by atoms with Crippen LogP contribution in [0.4, 0.5) is 0 Å². The fourth-order valence-corrected chi connectivity index (χ4v) is 1.83. The molecule has 1 rings (SSSR count). The van der Waals surface area contributed by atoms with Crippen molar-refractivity contribution >= 4 is 0 Å². The summed E-state index contributed by atoms with van der Waals surface area (Å²) in [6.45, 7) is 6.63. The highest BCUT2D eigenvalue weighted by Crippen LogP contribution is 2.14. The van der Waals surface area contributed by atoms with E-state index < -0.39 is 0 Å². The molecule has 1 aromatic heterocycles. The molecular weight excluding hydrogens is 186 g/mol. The predicted octanol–water partition coefficient (Wildman–Crippen LogP) is 3.90. The Morgan fingerprint density at radius 1 is 1.33 bits per heavy atom. The minimum absolute atomic E-state index is 0.316. The Morgan fingerprint density at radius 2 is 2.13 bits per heavy atom. The lowest BCUT2D eigenvalue weighted by molar-refractivity contribution is 0.382. The molecule has 0 radical (unpaired) electrons. The maximum atomic E-state index is 5.36. The van der Waals surface area contributed by atoms with Gasteiger partial charge in [-0.2, -0.15) is 0 Å². The lowest BCUT2D eigenvalue weighted by atomic mass is 10.1. The predicted molar refractivity (Wildman–Crippen MR) is 63.9 cm³/mol. The highest BCUT2D eigenvalue weighted by molar-refractivity contribution is 5.03. The summed E-state index contributed by atoms with van der Waals surface area (Å²) in [6.07, 6.45) is 6.92. The molecule has 2 nitrogen and oxygen atoms in total. The average molecular weight is 209 g/mol. The van der Waals surface area contributed by atoms with Crippen molar-refractivity contribution in [1.29, 1.82) is 0 Å². The number of hydrogen-bond donors (Lipinski definition) is 1. The van der Waals surface area contributed by atoms with Crippen LogP contribution in [0, 0.1) is 0 Å². The Kier molecular flexibility index (Phi) is 5.48. The van der Waals surface area contributed by atoms with Crippen LogP contribution in [-0.2, 0) is 0 Å². The molecule has 0 aliphatic carbocycles. The monoisotopic (exact) mass is 209 g/mol. The number of rotatable bonds is 7. The average Bonchev–Trinajstić information content (AvgIpc) is 2.70. The Balaban J connectivity index is 2.22. The number of hydrogen-bond acceptors (Lipinski definition) is 2. The van der Waals surface area contributed by atoms with E-state index in [4.69, 9.17) is 4.42 Å². The number of unbranched alkanes of at least 4 members (excludes halogenated alkanes) is 2. The molecule has 86 valence electrons. The van der Waals surface area contributed by atoms with E-state index in [1.165, 1.54) is 25.7 Å².